The molecule has 4 rings (SSSR count). The van der Waals surface area contributed by atoms with Gasteiger partial charge in [0.15, 0.2) is 0 Å². The van der Waals surface area contributed by atoms with Gasteiger partial charge in [0.1, 0.15) is 11.6 Å². The number of aromatic nitrogens is 4. The van der Waals surface area contributed by atoms with E-state index in [1.807, 2.05) is 17.9 Å². The molecule has 0 radical (unpaired) electrons. The van der Waals surface area contributed by atoms with E-state index in [2.05, 4.69) is 25.3 Å². The first-order valence-electron chi connectivity index (χ1n) is 9.41. The number of nitrogens with one attached hydrogen (secondary N) is 1. The minimum absolute atomic E-state index is 0.0436. The molecular formula is C19H24N6O. The van der Waals surface area contributed by atoms with Crippen molar-refractivity contribution in [2.24, 2.45) is 5.92 Å². The summed E-state index contributed by atoms with van der Waals surface area (Å²) in [5.41, 5.74) is 0.903. The van der Waals surface area contributed by atoms with E-state index >= 15 is 0 Å². The standard InChI is InChI=1S/C19H24N6O/c1-13-22-15(12-17(23-13)24-19-20-9-5-10-21-19)16-8-4-11-25(16)18(26)14-6-2-3-7-14/h5,9-10,12,14,16H,2-4,6-8,11H2,1H3,(H,20,21,22,23,24). The Morgan fingerprint density at radius 3 is 2.65 bits per heavy atom. The maximum atomic E-state index is 12.9. The maximum Gasteiger partial charge on any atom is 0.228 e. The van der Waals surface area contributed by atoms with Crippen molar-refractivity contribution in [3.63, 3.8) is 0 Å². The Hall–Kier alpha value is -2.57. The number of hydrogen-bond acceptors (Lipinski definition) is 6. The highest BCUT2D eigenvalue weighted by Gasteiger charge is 2.35. The van der Waals surface area contributed by atoms with Crippen LogP contribution in [0.2, 0.25) is 0 Å². The fourth-order valence-electron chi connectivity index (χ4n) is 4.05. The molecular weight excluding hydrogens is 328 g/mol. The molecule has 26 heavy (non-hydrogen) atoms. The fourth-order valence-corrected chi connectivity index (χ4v) is 4.05. The zero-order valence-electron chi connectivity index (χ0n) is 15.1. The highest BCUT2D eigenvalue weighted by Crippen LogP contribution is 2.36. The second-order valence-electron chi connectivity index (χ2n) is 7.09. The number of rotatable bonds is 4. The Balaban J connectivity index is 1.57. The highest BCUT2D eigenvalue weighted by molar-refractivity contribution is 5.79. The monoisotopic (exact) mass is 352 g/mol. The summed E-state index contributed by atoms with van der Waals surface area (Å²) in [7, 11) is 0. The third-order valence-corrected chi connectivity index (χ3v) is 5.25. The Labute approximate surface area is 153 Å². The first kappa shape index (κ1) is 16.9. The molecule has 1 aliphatic heterocycles. The van der Waals surface area contributed by atoms with E-state index in [1.54, 1.807) is 18.5 Å². The van der Waals surface area contributed by atoms with Gasteiger partial charge in [-0.05, 0) is 38.7 Å². The van der Waals surface area contributed by atoms with Gasteiger partial charge in [-0.2, -0.15) is 0 Å². The second-order valence-corrected chi connectivity index (χ2v) is 7.09. The molecule has 2 aromatic heterocycles. The lowest BCUT2D eigenvalue weighted by atomic mass is 10.0. The number of nitrogens with zero attached hydrogens (tertiary/aromatic N) is 5. The van der Waals surface area contributed by atoms with Gasteiger partial charge in [0.25, 0.3) is 0 Å². The molecule has 0 spiro atoms. The first-order valence-corrected chi connectivity index (χ1v) is 9.41. The predicted molar refractivity (Wildman–Crippen MR) is 97.7 cm³/mol. The van der Waals surface area contributed by atoms with Crippen molar-refractivity contribution in [3.8, 4) is 0 Å². The Morgan fingerprint density at radius 2 is 1.88 bits per heavy atom. The van der Waals surface area contributed by atoms with Crippen molar-refractivity contribution in [1.82, 2.24) is 24.8 Å². The van der Waals surface area contributed by atoms with Gasteiger partial charge >= 0.3 is 0 Å². The summed E-state index contributed by atoms with van der Waals surface area (Å²) in [4.78, 5) is 32.4. The second kappa shape index (κ2) is 7.35. The summed E-state index contributed by atoms with van der Waals surface area (Å²) in [5.74, 6) is 2.36. The van der Waals surface area contributed by atoms with Gasteiger partial charge in [-0.15, -0.1) is 0 Å². The number of hydrogen-bond donors (Lipinski definition) is 1. The lowest BCUT2D eigenvalue weighted by Gasteiger charge is -2.27. The molecule has 2 aromatic rings. The van der Waals surface area contributed by atoms with E-state index < -0.39 is 0 Å². The van der Waals surface area contributed by atoms with Crippen LogP contribution in [0.5, 0.6) is 0 Å². The average Bonchev–Trinajstić information content (AvgIpc) is 3.33. The molecule has 1 amide bonds. The van der Waals surface area contributed by atoms with Crippen LogP contribution in [0, 0.1) is 12.8 Å². The average molecular weight is 352 g/mol. The van der Waals surface area contributed by atoms with Crippen LogP contribution >= 0.6 is 0 Å². The lowest BCUT2D eigenvalue weighted by molar-refractivity contribution is -0.136. The smallest absolute Gasteiger partial charge is 0.228 e. The third kappa shape index (κ3) is 3.52. The summed E-state index contributed by atoms with van der Waals surface area (Å²) in [6, 6.07) is 3.74. The van der Waals surface area contributed by atoms with Crippen molar-refractivity contribution < 1.29 is 4.79 Å². The number of aryl methyl sites for hydroxylation is 1. The predicted octanol–water partition coefficient (Wildman–Crippen LogP) is 3.17. The van der Waals surface area contributed by atoms with Crippen molar-refractivity contribution >= 4 is 17.7 Å². The molecule has 0 aromatic carbocycles. The minimum Gasteiger partial charge on any atom is -0.334 e. The van der Waals surface area contributed by atoms with E-state index in [1.165, 1.54) is 12.8 Å². The molecule has 1 saturated carbocycles. The summed E-state index contributed by atoms with van der Waals surface area (Å²) < 4.78 is 0. The van der Waals surface area contributed by atoms with Crippen LogP contribution < -0.4 is 5.32 Å². The van der Waals surface area contributed by atoms with Crippen LogP contribution in [0.25, 0.3) is 0 Å². The molecule has 2 fully saturated rings. The largest absolute Gasteiger partial charge is 0.334 e. The van der Waals surface area contributed by atoms with E-state index in [4.69, 9.17) is 0 Å². The van der Waals surface area contributed by atoms with Gasteiger partial charge in [-0.1, -0.05) is 12.8 Å². The Kier molecular flexibility index (Phi) is 4.77. The SMILES string of the molecule is Cc1nc(Nc2ncccn2)cc(C2CCCN2C(=O)C2CCCC2)n1. The molecule has 1 N–H and O–H groups in total. The van der Waals surface area contributed by atoms with Crippen LogP contribution in [0.3, 0.4) is 0 Å². The molecule has 3 heterocycles. The number of carbonyl (C=O) groups excluding carboxylic acids is 1. The topological polar surface area (TPSA) is 83.9 Å². The van der Waals surface area contributed by atoms with Crippen molar-refractivity contribution in [2.75, 3.05) is 11.9 Å². The third-order valence-electron chi connectivity index (χ3n) is 5.25. The van der Waals surface area contributed by atoms with Gasteiger partial charge < -0.3 is 10.2 Å². The van der Waals surface area contributed by atoms with Gasteiger partial charge in [0.2, 0.25) is 11.9 Å². The van der Waals surface area contributed by atoms with E-state index in [9.17, 15) is 4.79 Å². The van der Waals surface area contributed by atoms with Gasteiger partial charge in [-0.25, -0.2) is 19.9 Å². The first-order chi connectivity index (χ1) is 12.7. The van der Waals surface area contributed by atoms with Crippen LogP contribution in [0.4, 0.5) is 11.8 Å². The van der Waals surface area contributed by atoms with Crippen LogP contribution in [-0.4, -0.2) is 37.3 Å². The number of carbonyl (C=O) groups is 1. The number of amides is 1. The molecule has 2 aliphatic rings. The molecule has 1 atom stereocenters. The van der Waals surface area contributed by atoms with Crippen LogP contribution in [-0.2, 0) is 4.79 Å². The van der Waals surface area contributed by atoms with Crippen LogP contribution in [0.15, 0.2) is 24.5 Å². The zero-order chi connectivity index (χ0) is 17.9. The zero-order valence-corrected chi connectivity index (χ0v) is 15.1. The molecule has 0 bridgehead atoms. The lowest BCUT2D eigenvalue weighted by Crippen LogP contribution is -2.35. The maximum absolute atomic E-state index is 12.9. The number of likely N-dealkylation sites (tertiary alicyclic amines) is 1. The summed E-state index contributed by atoms with van der Waals surface area (Å²) in [6.45, 7) is 2.70. The Bertz CT molecular complexity index is 775. The molecule has 136 valence electrons. The van der Waals surface area contributed by atoms with Gasteiger partial charge in [0.05, 0.1) is 11.7 Å². The van der Waals surface area contributed by atoms with E-state index in [0.29, 0.717) is 23.5 Å². The van der Waals surface area contributed by atoms with Crippen LogP contribution in [0.1, 0.15) is 56.1 Å². The van der Waals surface area contributed by atoms with Gasteiger partial charge in [-0.3, -0.25) is 4.79 Å². The molecule has 7 nitrogen and oxygen atoms in total. The van der Waals surface area contributed by atoms with E-state index in [0.717, 1.165) is 37.9 Å². The summed E-state index contributed by atoms with van der Waals surface area (Å²) in [5, 5.41) is 3.13. The molecule has 1 aliphatic carbocycles. The summed E-state index contributed by atoms with van der Waals surface area (Å²) in [6.07, 6.45) is 9.75. The molecule has 1 unspecified atom stereocenters. The Morgan fingerprint density at radius 1 is 1.12 bits per heavy atom. The molecule has 7 heteroatoms. The van der Waals surface area contributed by atoms with Crippen molar-refractivity contribution in [1.29, 1.82) is 0 Å². The highest BCUT2D eigenvalue weighted by atomic mass is 16.2. The summed E-state index contributed by atoms with van der Waals surface area (Å²) >= 11 is 0. The molecule has 1 saturated heterocycles. The number of anilines is 2. The fraction of sp³-hybridized carbons (Fsp3) is 0.526. The normalized spacial score (nSPS) is 20.5. The van der Waals surface area contributed by atoms with Gasteiger partial charge in [0, 0.05) is 30.9 Å². The minimum atomic E-state index is 0.0436. The quantitative estimate of drug-likeness (QED) is 0.910. The van der Waals surface area contributed by atoms with Crippen molar-refractivity contribution in [2.45, 2.75) is 51.5 Å². The van der Waals surface area contributed by atoms with E-state index in [-0.39, 0.29) is 12.0 Å². The van der Waals surface area contributed by atoms with Crippen molar-refractivity contribution in [3.05, 3.63) is 36.0 Å².